The van der Waals surface area contributed by atoms with Gasteiger partial charge in [-0.3, -0.25) is 4.90 Å². The zero-order valence-corrected chi connectivity index (χ0v) is 14.0. The number of nitrogens with zero attached hydrogens (tertiary/aromatic N) is 2. The Morgan fingerprint density at radius 1 is 1.43 bits per heavy atom. The van der Waals surface area contributed by atoms with Crippen LogP contribution < -0.4 is 10.1 Å². The van der Waals surface area contributed by atoms with Gasteiger partial charge in [-0.1, -0.05) is 6.07 Å². The molecule has 1 fully saturated rings. The van der Waals surface area contributed by atoms with Crippen molar-refractivity contribution in [2.75, 3.05) is 41.3 Å². The molecule has 2 atom stereocenters. The maximum absolute atomic E-state index is 5.54. The number of ether oxygens (including phenoxy) is 1. The van der Waals surface area contributed by atoms with Crippen LogP contribution in [0, 0.1) is 0 Å². The fourth-order valence-corrected chi connectivity index (χ4v) is 2.98. The van der Waals surface area contributed by atoms with Crippen molar-refractivity contribution in [1.29, 1.82) is 0 Å². The van der Waals surface area contributed by atoms with Crippen LogP contribution in [0.1, 0.15) is 30.5 Å². The molecule has 0 amide bonds. The summed E-state index contributed by atoms with van der Waals surface area (Å²) < 4.78 is 5.54. The molecular weight excluding hydrogens is 262 g/mol. The molecule has 1 N–H and O–H groups in total. The second-order valence-corrected chi connectivity index (χ2v) is 6.22. The molecule has 4 heteroatoms. The monoisotopic (exact) mass is 291 g/mol. The van der Waals surface area contributed by atoms with E-state index >= 15 is 0 Å². The van der Waals surface area contributed by atoms with Crippen LogP contribution in [0.5, 0.6) is 5.75 Å². The molecule has 1 aliphatic rings. The summed E-state index contributed by atoms with van der Waals surface area (Å²) in [6.45, 7) is 5.46. The van der Waals surface area contributed by atoms with Crippen LogP contribution in [0.2, 0.25) is 0 Å². The smallest absolute Gasteiger partial charge is 0.123 e. The van der Waals surface area contributed by atoms with Crippen LogP contribution in [0.15, 0.2) is 18.2 Å². The molecule has 1 saturated heterocycles. The Kier molecular flexibility index (Phi) is 5.62. The van der Waals surface area contributed by atoms with E-state index in [0.29, 0.717) is 12.1 Å². The highest BCUT2D eigenvalue weighted by Crippen LogP contribution is 2.26. The van der Waals surface area contributed by atoms with Gasteiger partial charge in [0.1, 0.15) is 5.75 Å². The molecule has 0 bridgehead atoms. The molecule has 1 aromatic carbocycles. The first-order valence-electron chi connectivity index (χ1n) is 7.78. The normalized spacial score (nSPS) is 21.0. The van der Waals surface area contributed by atoms with Gasteiger partial charge in [0, 0.05) is 37.3 Å². The Balaban J connectivity index is 2.11. The first-order chi connectivity index (χ1) is 10.0. The summed E-state index contributed by atoms with van der Waals surface area (Å²) in [5.41, 5.74) is 2.60. The maximum atomic E-state index is 5.54. The summed E-state index contributed by atoms with van der Waals surface area (Å²) in [5, 5.41) is 3.30. The summed E-state index contributed by atoms with van der Waals surface area (Å²) in [4.78, 5) is 4.85. The second-order valence-electron chi connectivity index (χ2n) is 6.22. The summed E-state index contributed by atoms with van der Waals surface area (Å²) in [7, 11) is 8.09. The average Bonchev–Trinajstić information content (AvgIpc) is 2.95. The zero-order chi connectivity index (χ0) is 15.4. The molecule has 1 heterocycles. The number of hydrogen-bond donors (Lipinski definition) is 1. The predicted molar refractivity (Wildman–Crippen MR) is 87.8 cm³/mol. The van der Waals surface area contributed by atoms with Crippen LogP contribution >= 0.6 is 0 Å². The summed E-state index contributed by atoms with van der Waals surface area (Å²) in [6, 6.07) is 7.56. The number of nitrogens with one attached hydrogen (secondary N) is 1. The van der Waals surface area contributed by atoms with Crippen molar-refractivity contribution in [2.24, 2.45) is 0 Å². The summed E-state index contributed by atoms with van der Waals surface area (Å²) >= 11 is 0. The highest BCUT2D eigenvalue weighted by molar-refractivity contribution is 5.38. The Morgan fingerprint density at radius 3 is 2.76 bits per heavy atom. The van der Waals surface area contributed by atoms with Crippen LogP contribution in [0.3, 0.4) is 0 Å². The minimum Gasteiger partial charge on any atom is -0.496 e. The van der Waals surface area contributed by atoms with Gasteiger partial charge in [-0.25, -0.2) is 0 Å². The number of benzene rings is 1. The third-order valence-corrected chi connectivity index (χ3v) is 4.61. The highest BCUT2D eigenvalue weighted by Gasteiger charge is 2.24. The van der Waals surface area contributed by atoms with E-state index in [4.69, 9.17) is 4.74 Å². The van der Waals surface area contributed by atoms with E-state index in [0.717, 1.165) is 25.4 Å². The third-order valence-electron chi connectivity index (χ3n) is 4.61. The van der Waals surface area contributed by atoms with Gasteiger partial charge in [-0.05, 0) is 52.2 Å². The number of likely N-dealkylation sites (N-methyl/N-ethyl adjacent to an activating group) is 1. The molecule has 0 saturated carbocycles. The Bertz CT molecular complexity index is 461. The van der Waals surface area contributed by atoms with Gasteiger partial charge in [0.2, 0.25) is 0 Å². The molecule has 2 unspecified atom stereocenters. The highest BCUT2D eigenvalue weighted by atomic mass is 16.5. The van der Waals surface area contributed by atoms with E-state index < -0.39 is 0 Å². The first-order valence-corrected chi connectivity index (χ1v) is 7.78. The van der Waals surface area contributed by atoms with Gasteiger partial charge >= 0.3 is 0 Å². The minimum absolute atomic E-state index is 0.364. The van der Waals surface area contributed by atoms with Crippen molar-refractivity contribution >= 4 is 0 Å². The molecule has 21 heavy (non-hydrogen) atoms. The fourth-order valence-electron chi connectivity index (χ4n) is 2.98. The van der Waals surface area contributed by atoms with E-state index in [1.54, 1.807) is 7.11 Å². The van der Waals surface area contributed by atoms with Crippen LogP contribution in [0.4, 0.5) is 0 Å². The lowest BCUT2D eigenvalue weighted by atomic mass is 10.0. The second kappa shape index (κ2) is 7.25. The molecule has 118 valence electrons. The molecule has 0 radical (unpaired) electrons. The summed E-state index contributed by atoms with van der Waals surface area (Å²) in [6.07, 6.45) is 1.25. The van der Waals surface area contributed by atoms with Crippen molar-refractivity contribution in [3.8, 4) is 5.75 Å². The minimum atomic E-state index is 0.364. The largest absolute Gasteiger partial charge is 0.496 e. The molecule has 1 aliphatic heterocycles. The van der Waals surface area contributed by atoms with Crippen molar-refractivity contribution in [3.63, 3.8) is 0 Å². The summed E-state index contributed by atoms with van der Waals surface area (Å²) in [5.74, 6) is 0.996. The quantitative estimate of drug-likeness (QED) is 0.869. The third kappa shape index (κ3) is 3.96. The number of likely N-dealkylation sites (tertiary alicyclic amines) is 1. The lowest BCUT2D eigenvalue weighted by molar-refractivity contribution is 0.262. The molecule has 1 aromatic rings. The maximum Gasteiger partial charge on any atom is 0.123 e. The lowest BCUT2D eigenvalue weighted by Crippen LogP contribution is -2.31. The Hall–Kier alpha value is -1.10. The van der Waals surface area contributed by atoms with Crippen LogP contribution in [0.25, 0.3) is 0 Å². The average molecular weight is 291 g/mol. The van der Waals surface area contributed by atoms with Gasteiger partial charge in [0.15, 0.2) is 0 Å². The predicted octanol–water partition coefficient (Wildman–Crippen LogP) is 2.11. The standard InChI is InChI=1S/C17H29N3O/c1-13(18-2)14-6-7-17(21-5)15(10-14)11-20-9-8-16(12-20)19(3)4/h6-7,10,13,16,18H,8-9,11-12H2,1-5H3. The lowest BCUT2D eigenvalue weighted by Gasteiger charge is -2.22. The van der Waals surface area contributed by atoms with Gasteiger partial charge in [0.25, 0.3) is 0 Å². The van der Waals surface area contributed by atoms with Crippen LogP contribution in [-0.4, -0.2) is 57.2 Å². The number of rotatable bonds is 6. The molecule has 4 nitrogen and oxygen atoms in total. The zero-order valence-electron chi connectivity index (χ0n) is 14.0. The van der Waals surface area contributed by atoms with Crippen molar-refractivity contribution in [1.82, 2.24) is 15.1 Å². The van der Waals surface area contributed by atoms with E-state index in [-0.39, 0.29) is 0 Å². The molecular formula is C17H29N3O. The van der Waals surface area contributed by atoms with Gasteiger partial charge in [-0.2, -0.15) is 0 Å². The van der Waals surface area contributed by atoms with Crippen LogP contribution in [-0.2, 0) is 6.54 Å². The SMILES string of the molecule is CNC(C)c1ccc(OC)c(CN2CCC(N(C)C)C2)c1. The molecule has 0 aromatic heterocycles. The molecule has 0 spiro atoms. The molecule has 0 aliphatic carbocycles. The van der Waals surface area contributed by atoms with Crippen molar-refractivity contribution < 1.29 is 4.74 Å². The van der Waals surface area contributed by atoms with E-state index in [1.807, 2.05) is 7.05 Å². The van der Waals surface area contributed by atoms with Crippen molar-refractivity contribution in [3.05, 3.63) is 29.3 Å². The van der Waals surface area contributed by atoms with Crippen molar-refractivity contribution in [2.45, 2.75) is 32.0 Å². The van der Waals surface area contributed by atoms with Gasteiger partial charge in [-0.15, -0.1) is 0 Å². The van der Waals surface area contributed by atoms with Gasteiger partial charge < -0.3 is 15.0 Å². The van der Waals surface area contributed by atoms with E-state index in [1.165, 1.54) is 17.5 Å². The number of methoxy groups -OCH3 is 1. The molecule has 2 rings (SSSR count). The Morgan fingerprint density at radius 2 is 2.19 bits per heavy atom. The van der Waals surface area contributed by atoms with E-state index in [9.17, 15) is 0 Å². The Labute approximate surface area is 129 Å². The number of hydrogen-bond acceptors (Lipinski definition) is 4. The topological polar surface area (TPSA) is 27.7 Å². The fraction of sp³-hybridized carbons (Fsp3) is 0.647. The van der Waals surface area contributed by atoms with E-state index in [2.05, 4.69) is 54.3 Å². The first kappa shape index (κ1) is 16.3. The van der Waals surface area contributed by atoms with Gasteiger partial charge in [0.05, 0.1) is 7.11 Å².